The summed E-state index contributed by atoms with van der Waals surface area (Å²) in [6.07, 6.45) is 3.62. The van der Waals surface area contributed by atoms with E-state index in [4.69, 9.17) is 5.73 Å². The molecule has 0 saturated carbocycles. The second-order valence-corrected chi connectivity index (χ2v) is 4.33. The Labute approximate surface area is 105 Å². The van der Waals surface area contributed by atoms with E-state index in [2.05, 4.69) is 16.0 Å². The number of hydrogen-bond acceptors (Lipinski definition) is 3. The number of aromatic nitrogens is 3. The fraction of sp³-hybridized carbons (Fsp3) is 0.143. The van der Waals surface area contributed by atoms with Crippen molar-refractivity contribution < 1.29 is 0 Å². The number of nitrogen functional groups attached to an aromatic ring is 1. The minimum atomic E-state index is 0.549. The molecule has 0 amide bonds. The van der Waals surface area contributed by atoms with Crippen LogP contribution in [0.1, 0.15) is 11.3 Å². The first-order valence-electron chi connectivity index (χ1n) is 5.86. The van der Waals surface area contributed by atoms with E-state index in [1.54, 1.807) is 6.20 Å². The number of hydrogen-bond donors (Lipinski definition) is 1. The van der Waals surface area contributed by atoms with E-state index in [0.29, 0.717) is 5.95 Å². The molecule has 4 nitrogen and oxygen atoms in total. The molecule has 3 aromatic rings. The molecule has 0 atom stereocenters. The molecule has 2 N–H and O–H groups in total. The van der Waals surface area contributed by atoms with Gasteiger partial charge in [0.25, 0.3) is 0 Å². The molecule has 0 aliphatic heterocycles. The van der Waals surface area contributed by atoms with Crippen LogP contribution in [0.15, 0.2) is 42.7 Å². The van der Waals surface area contributed by atoms with Gasteiger partial charge in [0.05, 0.1) is 18.3 Å². The van der Waals surface area contributed by atoms with Crippen LogP contribution in [0.2, 0.25) is 0 Å². The summed E-state index contributed by atoms with van der Waals surface area (Å²) >= 11 is 0. The highest BCUT2D eigenvalue weighted by atomic mass is 15.1. The van der Waals surface area contributed by atoms with E-state index in [1.807, 2.05) is 42.0 Å². The van der Waals surface area contributed by atoms with E-state index in [9.17, 15) is 0 Å². The third-order valence-corrected chi connectivity index (χ3v) is 3.15. The quantitative estimate of drug-likeness (QED) is 0.745. The number of aryl methyl sites for hydroxylation is 1. The highest BCUT2D eigenvalue weighted by Gasteiger charge is 2.06. The number of anilines is 1. The highest BCUT2D eigenvalue weighted by Crippen LogP contribution is 2.19. The average Bonchev–Trinajstić information content (AvgIpc) is 2.71. The zero-order valence-corrected chi connectivity index (χ0v) is 10.2. The number of benzene rings is 1. The van der Waals surface area contributed by atoms with Gasteiger partial charge in [0.2, 0.25) is 5.95 Å². The summed E-state index contributed by atoms with van der Waals surface area (Å²) < 4.78 is 2.00. The van der Waals surface area contributed by atoms with Crippen molar-refractivity contribution in [3.05, 3.63) is 54.0 Å². The summed E-state index contributed by atoms with van der Waals surface area (Å²) in [5, 5.41) is 1.16. The molecule has 0 fully saturated rings. The fourth-order valence-electron chi connectivity index (χ4n) is 2.15. The molecule has 3 rings (SSSR count). The maximum Gasteiger partial charge on any atom is 0.200 e. The van der Waals surface area contributed by atoms with Gasteiger partial charge in [-0.05, 0) is 24.6 Å². The van der Waals surface area contributed by atoms with Crippen molar-refractivity contribution in [3.63, 3.8) is 0 Å². The molecule has 0 bridgehead atoms. The van der Waals surface area contributed by atoms with Gasteiger partial charge in [0.15, 0.2) is 0 Å². The fourth-order valence-corrected chi connectivity index (χ4v) is 2.15. The summed E-state index contributed by atoms with van der Waals surface area (Å²) in [5.74, 6) is 0.549. The molecule has 4 heteroatoms. The van der Waals surface area contributed by atoms with Gasteiger partial charge in [-0.15, -0.1) is 0 Å². The van der Waals surface area contributed by atoms with Gasteiger partial charge in [-0.1, -0.05) is 18.2 Å². The van der Waals surface area contributed by atoms with Gasteiger partial charge >= 0.3 is 0 Å². The average molecular weight is 238 g/mol. The Morgan fingerprint density at radius 3 is 2.78 bits per heavy atom. The zero-order chi connectivity index (χ0) is 12.5. The van der Waals surface area contributed by atoms with Crippen molar-refractivity contribution in [3.8, 4) is 0 Å². The Hall–Kier alpha value is -2.36. The Balaban J connectivity index is 2.11. The molecule has 0 aliphatic carbocycles. The number of fused-ring (bicyclic) bond motifs is 1. The van der Waals surface area contributed by atoms with Crippen LogP contribution in [0.4, 0.5) is 5.95 Å². The van der Waals surface area contributed by atoms with E-state index in [-0.39, 0.29) is 0 Å². The van der Waals surface area contributed by atoms with E-state index in [1.165, 1.54) is 5.56 Å². The van der Waals surface area contributed by atoms with Crippen LogP contribution in [0.25, 0.3) is 10.9 Å². The van der Waals surface area contributed by atoms with E-state index in [0.717, 1.165) is 23.1 Å². The SMILES string of the molecule is Cc1cnc(N)n1Cc1ccnc2ccccc12. The van der Waals surface area contributed by atoms with Crippen LogP contribution in [0.5, 0.6) is 0 Å². The van der Waals surface area contributed by atoms with Crippen molar-refractivity contribution in [2.24, 2.45) is 0 Å². The summed E-state index contributed by atoms with van der Waals surface area (Å²) in [7, 11) is 0. The first-order chi connectivity index (χ1) is 8.75. The number of nitrogens with zero attached hydrogens (tertiary/aromatic N) is 3. The number of nitrogens with two attached hydrogens (primary N) is 1. The molecule has 0 aliphatic rings. The Morgan fingerprint density at radius 2 is 2.00 bits per heavy atom. The van der Waals surface area contributed by atoms with Crippen molar-refractivity contribution in [1.29, 1.82) is 0 Å². The van der Waals surface area contributed by atoms with Crippen LogP contribution in [-0.2, 0) is 6.54 Å². The first-order valence-corrected chi connectivity index (χ1v) is 5.86. The molecule has 1 aromatic carbocycles. The van der Waals surface area contributed by atoms with Crippen LogP contribution in [0, 0.1) is 6.92 Å². The van der Waals surface area contributed by atoms with Gasteiger partial charge in [-0.3, -0.25) is 4.98 Å². The molecular weight excluding hydrogens is 224 g/mol. The monoisotopic (exact) mass is 238 g/mol. The maximum absolute atomic E-state index is 5.87. The molecule has 0 saturated heterocycles. The molecule has 18 heavy (non-hydrogen) atoms. The van der Waals surface area contributed by atoms with Gasteiger partial charge in [-0.25, -0.2) is 4.98 Å². The second kappa shape index (κ2) is 4.14. The number of rotatable bonds is 2. The topological polar surface area (TPSA) is 56.7 Å². The van der Waals surface area contributed by atoms with Gasteiger partial charge in [-0.2, -0.15) is 0 Å². The second-order valence-electron chi connectivity index (χ2n) is 4.33. The van der Waals surface area contributed by atoms with Crippen molar-refractivity contribution >= 4 is 16.9 Å². The molecule has 2 aromatic heterocycles. The molecule has 0 radical (unpaired) electrons. The highest BCUT2D eigenvalue weighted by molar-refractivity contribution is 5.81. The van der Waals surface area contributed by atoms with Crippen molar-refractivity contribution in [2.75, 3.05) is 5.73 Å². The molecule has 0 spiro atoms. The Kier molecular flexibility index (Phi) is 2.48. The summed E-state index contributed by atoms with van der Waals surface area (Å²) in [4.78, 5) is 8.48. The minimum Gasteiger partial charge on any atom is -0.369 e. The zero-order valence-electron chi connectivity index (χ0n) is 10.2. The smallest absolute Gasteiger partial charge is 0.200 e. The van der Waals surface area contributed by atoms with Crippen LogP contribution < -0.4 is 5.73 Å². The first kappa shape index (κ1) is 10.8. The lowest BCUT2D eigenvalue weighted by Crippen LogP contribution is -2.06. The predicted octanol–water partition coefficient (Wildman–Crippen LogP) is 2.37. The van der Waals surface area contributed by atoms with Gasteiger partial charge in [0.1, 0.15) is 0 Å². The predicted molar refractivity (Wildman–Crippen MR) is 72.2 cm³/mol. The molecule has 90 valence electrons. The van der Waals surface area contributed by atoms with Crippen LogP contribution >= 0.6 is 0 Å². The van der Waals surface area contributed by atoms with Gasteiger partial charge < -0.3 is 10.3 Å². The minimum absolute atomic E-state index is 0.549. The normalized spacial score (nSPS) is 10.9. The summed E-state index contributed by atoms with van der Waals surface area (Å²) in [5.41, 5.74) is 9.14. The Morgan fingerprint density at radius 1 is 1.17 bits per heavy atom. The lowest BCUT2D eigenvalue weighted by atomic mass is 10.1. The number of para-hydroxylation sites is 1. The molecule has 0 unspecified atom stereocenters. The lowest BCUT2D eigenvalue weighted by Gasteiger charge is -2.09. The largest absolute Gasteiger partial charge is 0.369 e. The maximum atomic E-state index is 5.87. The Bertz CT molecular complexity index is 675. The van der Waals surface area contributed by atoms with Crippen molar-refractivity contribution in [1.82, 2.24) is 14.5 Å². The van der Waals surface area contributed by atoms with E-state index >= 15 is 0 Å². The van der Waals surface area contributed by atoms with Crippen LogP contribution in [-0.4, -0.2) is 14.5 Å². The lowest BCUT2D eigenvalue weighted by molar-refractivity contribution is 0.787. The standard InChI is InChI=1S/C14H14N4/c1-10-8-17-14(15)18(10)9-11-6-7-16-13-5-3-2-4-12(11)13/h2-8H,9H2,1H3,(H2,15,17). The molecular formula is C14H14N4. The number of pyridine rings is 1. The van der Waals surface area contributed by atoms with Crippen molar-refractivity contribution in [2.45, 2.75) is 13.5 Å². The van der Waals surface area contributed by atoms with Crippen LogP contribution in [0.3, 0.4) is 0 Å². The molecule has 2 heterocycles. The number of imidazole rings is 1. The van der Waals surface area contributed by atoms with Gasteiger partial charge in [0, 0.05) is 17.3 Å². The third-order valence-electron chi connectivity index (χ3n) is 3.15. The summed E-state index contributed by atoms with van der Waals surface area (Å²) in [6.45, 7) is 2.73. The third kappa shape index (κ3) is 1.72. The summed E-state index contributed by atoms with van der Waals surface area (Å²) in [6, 6.07) is 10.2. The van der Waals surface area contributed by atoms with E-state index < -0.39 is 0 Å².